The summed E-state index contributed by atoms with van der Waals surface area (Å²) in [7, 11) is -3.70. The normalized spacial score (nSPS) is 14.4. The van der Waals surface area contributed by atoms with Gasteiger partial charge in [0, 0.05) is 59.7 Å². The maximum absolute atomic E-state index is 13.3. The number of aromatic nitrogens is 5. The molecule has 1 aliphatic heterocycles. The van der Waals surface area contributed by atoms with E-state index in [1.807, 2.05) is 50.4 Å². The molecular formula is C29H33N9O3S. The van der Waals surface area contributed by atoms with E-state index in [-0.39, 0.29) is 10.9 Å². The molecule has 5 N–H and O–H groups in total. The molecule has 0 aliphatic carbocycles. The molecular weight excluding hydrogens is 554 g/mol. The average Bonchev–Trinajstić information content (AvgIpc) is 3.65. The van der Waals surface area contributed by atoms with Gasteiger partial charge < -0.3 is 20.7 Å². The van der Waals surface area contributed by atoms with E-state index >= 15 is 0 Å². The third kappa shape index (κ3) is 5.60. The minimum Gasteiger partial charge on any atom is -0.489 e. The highest BCUT2D eigenvalue weighted by Crippen LogP contribution is 2.34. The number of anilines is 4. The summed E-state index contributed by atoms with van der Waals surface area (Å²) in [5.41, 5.74) is 11.4. The summed E-state index contributed by atoms with van der Waals surface area (Å²) < 4.78 is 37.0. The smallest absolute Gasteiger partial charge is 0.247 e. The van der Waals surface area contributed by atoms with Gasteiger partial charge in [-0.05, 0) is 74.7 Å². The third-order valence-electron chi connectivity index (χ3n) is 7.37. The highest BCUT2D eigenvalue weighted by atomic mass is 32.2. The molecule has 1 fully saturated rings. The van der Waals surface area contributed by atoms with Crippen molar-refractivity contribution in [1.29, 1.82) is 0 Å². The number of ether oxygens (including phenoxy) is 1. The number of rotatable bonds is 9. The highest BCUT2D eigenvalue weighted by molar-refractivity contribution is 7.89. The SMILES string of the molecule is CCOc1c(-c2cn[nH]c2)ccn2nc(Nc3ccc(S(=O)(=O)NC4CCN(c5cccc(N)c5)CC4)cc3C)nc12. The van der Waals surface area contributed by atoms with E-state index < -0.39 is 10.0 Å². The standard InChI is InChI=1S/C29H33N9O3S/c1-3-41-27-25(20-17-31-32-18-20)11-14-38-28(27)34-29(35-38)33-26-8-7-24(15-19(26)2)42(39,40)36-22-9-12-37(13-10-22)23-6-4-5-21(30)16-23/h4-8,11,14-18,22,36H,3,9-10,12-13,30H2,1-2H3,(H,31,32)(H,33,35). The molecule has 0 bridgehead atoms. The van der Waals surface area contributed by atoms with Gasteiger partial charge in [-0.2, -0.15) is 10.1 Å². The topological polar surface area (TPSA) is 156 Å². The monoisotopic (exact) mass is 587 g/mol. The molecule has 0 spiro atoms. The van der Waals surface area contributed by atoms with Gasteiger partial charge in [0.1, 0.15) is 0 Å². The molecule has 4 heterocycles. The van der Waals surface area contributed by atoms with Gasteiger partial charge in [0.25, 0.3) is 0 Å². The van der Waals surface area contributed by atoms with Crippen LogP contribution in [0, 0.1) is 6.92 Å². The molecule has 0 atom stereocenters. The molecule has 13 heteroatoms. The number of nitrogens with two attached hydrogens (primary N) is 1. The highest BCUT2D eigenvalue weighted by Gasteiger charge is 2.25. The molecule has 2 aromatic carbocycles. The molecule has 6 rings (SSSR count). The number of nitrogen functional groups attached to an aromatic ring is 1. The van der Waals surface area contributed by atoms with Crippen LogP contribution < -0.4 is 25.4 Å². The van der Waals surface area contributed by atoms with Crippen LogP contribution in [0.1, 0.15) is 25.3 Å². The van der Waals surface area contributed by atoms with Gasteiger partial charge >= 0.3 is 0 Å². The number of H-pyrrole nitrogens is 1. The number of benzene rings is 2. The van der Waals surface area contributed by atoms with Crippen molar-refractivity contribution in [3.05, 3.63) is 72.7 Å². The van der Waals surface area contributed by atoms with Gasteiger partial charge in [0.2, 0.25) is 16.0 Å². The van der Waals surface area contributed by atoms with Crippen molar-refractivity contribution >= 4 is 38.7 Å². The fraction of sp³-hybridized carbons (Fsp3) is 0.276. The number of piperidine rings is 1. The first-order valence-electron chi connectivity index (χ1n) is 13.8. The predicted octanol–water partition coefficient (Wildman–Crippen LogP) is 4.10. The van der Waals surface area contributed by atoms with Crippen LogP contribution in [0.15, 0.2) is 72.0 Å². The fourth-order valence-corrected chi connectivity index (χ4v) is 6.61. The Hall–Kier alpha value is -4.62. The van der Waals surface area contributed by atoms with Crippen LogP contribution in [0.25, 0.3) is 16.8 Å². The fourth-order valence-electron chi connectivity index (χ4n) is 5.22. The average molecular weight is 588 g/mol. The predicted molar refractivity (Wildman–Crippen MR) is 163 cm³/mol. The van der Waals surface area contributed by atoms with E-state index in [0.29, 0.717) is 42.5 Å². The van der Waals surface area contributed by atoms with Crippen LogP contribution in [0.5, 0.6) is 5.75 Å². The minimum atomic E-state index is -3.70. The van der Waals surface area contributed by atoms with E-state index in [2.05, 4.69) is 35.2 Å². The van der Waals surface area contributed by atoms with Crippen molar-refractivity contribution < 1.29 is 13.2 Å². The lowest BCUT2D eigenvalue weighted by atomic mass is 10.1. The van der Waals surface area contributed by atoms with Crippen molar-refractivity contribution in [3.63, 3.8) is 0 Å². The summed E-state index contributed by atoms with van der Waals surface area (Å²) in [5, 5.41) is 14.6. The summed E-state index contributed by atoms with van der Waals surface area (Å²) in [4.78, 5) is 7.11. The Bertz CT molecular complexity index is 1810. The van der Waals surface area contributed by atoms with Gasteiger partial charge in [0.05, 0.1) is 17.7 Å². The molecule has 42 heavy (non-hydrogen) atoms. The van der Waals surface area contributed by atoms with E-state index in [9.17, 15) is 8.42 Å². The number of fused-ring (bicyclic) bond motifs is 1. The zero-order valence-electron chi connectivity index (χ0n) is 23.4. The molecule has 5 aromatic rings. The third-order valence-corrected chi connectivity index (χ3v) is 8.88. The lowest BCUT2D eigenvalue weighted by Crippen LogP contribution is -2.44. The Kier molecular flexibility index (Phi) is 7.43. The lowest BCUT2D eigenvalue weighted by Gasteiger charge is -2.34. The summed E-state index contributed by atoms with van der Waals surface area (Å²) in [6, 6.07) is 14.5. The maximum atomic E-state index is 13.3. The van der Waals surface area contributed by atoms with Crippen LogP contribution in [0.3, 0.4) is 0 Å². The van der Waals surface area contributed by atoms with E-state index in [4.69, 9.17) is 10.5 Å². The van der Waals surface area contributed by atoms with Crippen molar-refractivity contribution in [3.8, 4) is 16.9 Å². The molecule has 218 valence electrons. The number of sulfonamides is 1. The van der Waals surface area contributed by atoms with Gasteiger partial charge in [-0.15, -0.1) is 5.10 Å². The number of aromatic amines is 1. The molecule has 1 saturated heterocycles. The summed E-state index contributed by atoms with van der Waals surface area (Å²) >= 11 is 0. The summed E-state index contributed by atoms with van der Waals surface area (Å²) in [6.07, 6.45) is 6.74. The maximum Gasteiger partial charge on any atom is 0.247 e. The van der Waals surface area contributed by atoms with Gasteiger partial charge in [-0.25, -0.2) is 17.7 Å². The molecule has 0 unspecified atom stereocenters. The van der Waals surface area contributed by atoms with Gasteiger partial charge in [0.15, 0.2) is 11.4 Å². The Labute approximate surface area is 244 Å². The number of nitrogens with one attached hydrogen (secondary N) is 3. The van der Waals surface area contributed by atoms with Crippen molar-refractivity contribution in [2.24, 2.45) is 0 Å². The summed E-state index contributed by atoms with van der Waals surface area (Å²) in [6.45, 7) is 5.73. The Morgan fingerprint density at radius 2 is 1.98 bits per heavy atom. The van der Waals surface area contributed by atoms with Crippen molar-refractivity contribution in [2.45, 2.75) is 37.6 Å². The van der Waals surface area contributed by atoms with Crippen LogP contribution in [0.4, 0.5) is 23.0 Å². The zero-order valence-corrected chi connectivity index (χ0v) is 24.2. The molecule has 0 radical (unpaired) electrons. The van der Waals surface area contributed by atoms with Crippen molar-refractivity contribution in [2.75, 3.05) is 35.6 Å². The quantitative estimate of drug-likeness (QED) is 0.187. The summed E-state index contributed by atoms with van der Waals surface area (Å²) in [5.74, 6) is 0.967. The first-order valence-corrected chi connectivity index (χ1v) is 15.3. The minimum absolute atomic E-state index is 0.140. The van der Waals surface area contributed by atoms with E-state index in [1.54, 1.807) is 35.1 Å². The molecule has 12 nitrogen and oxygen atoms in total. The van der Waals surface area contributed by atoms with Crippen molar-refractivity contribution in [1.82, 2.24) is 29.5 Å². The lowest BCUT2D eigenvalue weighted by molar-refractivity contribution is 0.343. The first kappa shape index (κ1) is 27.5. The second-order valence-electron chi connectivity index (χ2n) is 10.3. The zero-order chi connectivity index (χ0) is 29.3. The molecule has 1 aliphatic rings. The van der Waals surface area contributed by atoms with Crippen LogP contribution in [-0.2, 0) is 10.0 Å². The van der Waals surface area contributed by atoms with Gasteiger partial charge in [-0.1, -0.05) is 6.07 Å². The van der Waals surface area contributed by atoms with Gasteiger partial charge in [-0.3, -0.25) is 5.10 Å². The van der Waals surface area contributed by atoms with Crippen LogP contribution in [0.2, 0.25) is 0 Å². The van der Waals surface area contributed by atoms with Crippen LogP contribution in [-0.4, -0.2) is 59.0 Å². The number of aryl methyl sites for hydroxylation is 1. The molecule has 0 amide bonds. The molecule has 0 saturated carbocycles. The largest absolute Gasteiger partial charge is 0.489 e. The second kappa shape index (κ2) is 11.3. The Morgan fingerprint density at radius 3 is 2.69 bits per heavy atom. The number of hydrogen-bond donors (Lipinski definition) is 4. The number of pyridine rings is 1. The number of hydrogen-bond acceptors (Lipinski definition) is 9. The number of nitrogens with zero attached hydrogens (tertiary/aromatic N) is 5. The van der Waals surface area contributed by atoms with E-state index in [1.165, 1.54) is 0 Å². The van der Waals surface area contributed by atoms with Crippen LogP contribution >= 0.6 is 0 Å². The van der Waals surface area contributed by atoms with E-state index in [0.717, 1.165) is 41.2 Å². The Balaban J connectivity index is 1.15. The molecule has 3 aromatic heterocycles. The Morgan fingerprint density at radius 1 is 1.14 bits per heavy atom. The second-order valence-corrected chi connectivity index (χ2v) is 12.0. The first-order chi connectivity index (χ1) is 20.3.